The molecule has 1 saturated heterocycles. The summed E-state index contributed by atoms with van der Waals surface area (Å²) < 4.78 is 20.0. The molecule has 148 valence electrons. The third-order valence-electron chi connectivity index (χ3n) is 5.21. The number of benzene rings is 1. The molecule has 0 bridgehead atoms. The van der Waals surface area contributed by atoms with Gasteiger partial charge >= 0.3 is 6.09 Å². The number of rotatable bonds is 5. The zero-order chi connectivity index (χ0) is 20.6. The molecule has 1 saturated carbocycles. The smallest absolute Gasteiger partial charge is 0.414 e. The molecule has 0 radical (unpaired) electrons. The van der Waals surface area contributed by atoms with Crippen molar-refractivity contribution in [2.45, 2.75) is 31.4 Å². The van der Waals surface area contributed by atoms with Gasteiger partial charge in [0.05, 0.1) is 18.8 Å². The van der Waals surface area contributed by atoms with Gasteiger partial charge < -0.3 is 14.9 Å². The van der Waals surface area contributed by atoms with Crippen molar-refractivity contribution in [3.8, 4) is 11.1 Å². The van der Waals surface area contributed by atoms with Crippen molar-refractivity contribution in [2.75, 3.05) is 18.0 Å². The highest BCUT2D eigenvalue weighted by atomic mass is 19.1. The fraction of sp³-hybridized carbons (Fsp3) is 0.333. The number of nitrogens with one attached hydrogen (secondary N) is 1. The third-order valence-corrected chi connectivity index (χ3v) is 5.21. The molecule has 8 heteroatoms. The number of hydrogen-bond donors (Lipinski definition) is 1. The first-order valence-electron chi connectivity index (χ1n) is 9.29. The number of amides is 2. The monoisotopic (exact) mass is 394 g/mol. The van der Waals surface area contributed by atoms with Gasteiger partial charge in [-0.1, -0.05) is 6.07 Å². The van der Waals surface area contributed by atoms with E-state index in [9.17, 15) is 14.0 Å². The largest absolute Gasteiger partial charge is 0.442 e. The molecule has 4 rings (SSSR count). The number of halogens is 1. The summed E-state index contributed by atoms with van der Waals surface area (Å²) in [6.07, 6.45) is 2.13. The minimum Gasteiger partial charge on any atom is -0.442 e. The number of carbonyl (C=O) groups excluding carboxylic acids is 2. The number of pyridine rings is 1. The van der Waals surface area contributed by atoms with Gasteiger partial charge in [0, 0.05) is 37.1 Å². The molecular weight excluding hydrogens is 375 g/mol. The van der Waals surface area contributed by atoms with E-state index >= 15 is 0 Å². The van der Waals surface area contributed by atoms with E-state index in [1.165, 1.54) is 17.9 Å². The predicted octanol–water partition coefficient (Wildman–Crippen LogP) is 3.26. The first-order chi connectivity index (χ1) is 13.9. The molecule has 2 heterocycles. The van der Waals surface area contributed by atoms with Gasteiger partial charge in [0.2, 0.25) is 5.91 Å². The Hall–Kier alpha value is -3.47. The standard InChI is InChI=1S/C21H19FN4O3/c1-13(27)24-11-16-12-26(20(28)29-16)15-4-5-17(18(22)9-15)14-3-6-19(25-10-14)21(23-2)7-8-21/h3-6,9-10,16H,7-8,11-12H2,1H3,(H,24,27)/t16-/m0/s1. The van der Waals surface area contributed by atoms with E-state index in [1.807, 2.05) is 0 Å². The summed E-state index contributed by atoms with van der Waals surface area (Å²) in [6.45, 7) is 9.13. The Morgan fingerprint density at radius 2 is 2.21 bits per heavy atom. The summed E-state index contributed by atoms with van der Waals surface area (Å²) in [5.41, 5.74) is 1.58. The SMILES string of the molecule is [C-]#[N+]C1(c2ccc(-c3ccc(N4C[C@H](CNC(C)=O)OC4=O)cc3F)cn2)CC1. The molecular formula is C21H19FN4O3. The Bertz CT molecular complexity index is 1010. The van der Waals surface area contributed by atoms with E-state index in [1.54, 1.807) is 30.5 Å². The van der Waals surface area contributed by atoms with E-state index in [0.29, 0.717) is 16.8 Å². The van der Waals surface area contributed by atoms with Crippen LogP contribution in [0, 0.1) is 12.4 Å². The van der Waals surface area contributed by atoms with E-state index in [0.717, 1.165) is 18.5 Å². The lowest BCUT2D eigenvalue weighted by Crippen LogP contribution is -2.33. The lowest BCUT2D eigenvalue weighted by Gasteiger charge is -2.14. The highest BCUT2D eigenvalue weighted by molar-refractivity contribution is 5.90. The van der Waals surface area contributed by atoms with Gasteiger partial charge in [0.15, 0.2) is 0 Å². The minimum absolute atomic E-state index is 0.210. The zero-order valence-corrected chi connectivity index (χ0v) is 15.8. The number of cyclic esters (lactones) is 1. The second-order valence-corrected chi connectivity index (χ2v) is 7.29. The maximum Gasteiger partial charge on any atom is 0.414 e. The van der Waals surface area contributed by atoms with Gasteiger partial charge in [0.25, 0.3) is 5.54 Å². The first-order valence-corrected chi connectivity index (χ1v) is 9.29. The van der Waals surface area contributed by atoms with E-state index in [4.69, 9.17) is 11.3 Å². The Morgan fingerprint density at radius 3 is 2.79 bits per heavy atom. The maximum atomic E-state index is 14.8. The van der Waals surface area contributed by atoms with Crippen molar-refractivity contribution >= 4 is 17.7 Å². The molecule has 0 unspecified atom stereocenters. The first kappa shape index (κ1) is 18.9. The molecule has 1 aliphatic carbocycles. The molecule has 2 fully saturated rings. The second kappa shape index (κ2) is 7.17. The van der Waals surface area contributed by atoms with Crippen LogP contribution in [0.15, 0.2) is 36.5 Å². The topological polar surface area (TPSA) is 75.9 Å². The molecule has 1 N–H and O–H groups in total. The molecule has 1 aliphatic heterocycles. The van der Waals surface area contributed by atoms with Gasteiger partial charge in [-0.25, -0.2) is 15.8 Å². The summed E-state index contributed by atoms with van der Waals surface area (Å²) >= 11 is 0. The summed E-state index contributed by atoms with van der Waals surface area (Å²) in [5.74, 6) is -0.694. The van der Waals surface area contributed by atoms with Crippen LogP contribution in [-0.4, -0.2) is 36.2 Å². The lowest BCUT2D eigenvalue weighted by molar-refractivity contribution is -0.119. The van der Waals surface area contributed by atoms with Gasteiger partial charge in [0.1, 0.15) is 17.6 Å². The van der Waals surface area contributed by atoms with Crippen LogP contribution in [-0.2, 0) is 15.1 Å². The molecule has 7 nitrogen and oxygen atoms in total. The summed E-state index contributed by atoms with van der Waals surface area (Å²) in [5, 5.41) is 2.60. The van der Waals surface area contributed by atoms with Gasteiger partial charge in [-0.05, 0) is 24.3 Å². The van der Waals surface area contributed by atoms with Crippen LogP contribution in [0.25, 0.3) is 16.0 Å². The number of nitrogens with zero attached hydrogens (tertiary/aromatic N) is 3. The Balaban J connectivity index is 1.50. The molecule has 1 aromatic heterocycles. The van der Waals surface area contributed by atoms with Crippen LogP contribution in [0.3, 0.4) is 0 Å². The Labute approximate surface area is 167 Å². The molecule has 29 heavy (non-hydrogen) atoms. The summed E-state index contributed by atoms with van der Waals surface area (Å²) in [7, 11) is 0. The minimum atomic E-state index is -0.576. The fourth-order valence-electron chi connectivity index (χ4n) is 3.37. The van der Waals surface area contributed by atoms with Crippen molar-refractivity contribution in [3.63, 3.8) is 0 Å². The Morgan fingerprint density at radius 1 is 1.41 bits per heavy atom. The predicted molar refractivity (Wildman–Crippen MR) is 103 cm³/mol. The highest BCUT2D eigenvalue weighted by Gasteiger charge is 2.53. The van der Waals surface area contributed by atoms with Crippen molar-refractivity contribution in [1.29, 1.82) is 0 Å². The number of anilines is 1. The molecule has 1 aromatic carbocycles. The lowest BCUT2D eigenvalue weighted by atomic mass is 10.0. The van der Waals surface area contributed by atoms with Gasteiger partial charge in [-0.2, -0.15) is 0 Å². The van der Waals surface area contributed by atoms with Crippen LogP contribution in [0.2, 0.25) is 0 Å². The number of hydrogen-bond acceptors (Lipinski definition) is 4. The Kier molecular flexibility index (Phi) is 4.66. The molecule has 2 aliphatic rings. The fourth-order valence-corrected chi connectivity index (χ4v) is 3.37. The average molecular weight is 394 g/mol. The van der Waals surface area contributed by atoms with Crippen molar-refractivity contribution < 1.29 is 18.7 Å². The van der Waals surface area contributed by atoms with Gasteiger partial charge in [-0.3, -0.25) is 14.7 Å². The molecule has 2 amide bonds. The normalized spacial score (nSPS) is 19.4. The number of carbonyl (C=O) groups is 2. The van der Waals surface area contributed by atoms with Crippen molar-refractivity contribution in [1.82, 2.24) is 10.3 Å². The van der Waals surface area contributed by atoms with Gasteiger partial charge in [-0.15, -0.1) is 0 Å². The average Bonchev–Trinajstić information content (AvgIpc) is 3.43. The van der Waals surface area contributed by atoms with E-state index in [2.05, 4.69) is 15.1 Å². The van der Waals surface area contributed by atoms with Crippen molar-refractivity contribution in [3.05, 3.63) is 59.5 Å². The number of aromatic nitrogens is 1. The van der Waals surface area contributed by atoms with Crippen LogP contribution in [0.1, 0.15) is 25.5 Å². The van der Waals surface area contributed by atoms with Crippen LogP contribution in [0.4, 0.5) is 14.9 Å². The summed E-state index contributed by atoms with van der Waals surface area (Å²) in [4.78, 5) is 32.5. The molecule has 1 atom stereocenters. The van der Waals surface area contributed by atoms with E-state index < -0.39 is 23.6 Å². The van der Waals surface area contributed by atoms with Crippen LogP contribution >= 0.6 is 0 Å². The van der Waals surface area contributed by atoms with Crippen molar-refractivity contribution in [2.24, 2.45) is 0 Å². The third kappa shape index (κ3) is 3.63. The van der Waals surface area contributed by atoms with Crippen LogP contribution in [0.5, 0.6) is 0 Å². The quantitative estimate of drug-likeness (QED) is 0.790. The molecule has 2 aromatic rings. The maximum absolute atomic E-state index is 14.8. The van der Waals surface area contributed by atoms with E-state index in [-0.39, 0.29) is 19.0 Å². The molecule has 0 spiro atoms. The summed E-state index contributed by atoms with van der Waals surface area (Å²) in [6, 6.07) is 8.07. The second-order valence-electron chi connectivity index (χ2n) is 7.29. The zero-order valence-electron chi connectivity index (χ0n) is 15.8. The van der Waals surface area contributed by atoms with Crippen LogP contribution < -0.4 is 10.2 Å². The number of ether oxygens (including phenoxy) is 1. The highest BCUT2D eigenvalue weighted by Crippen LogP contribution is 2.48.